The highest BCUT2D eigenvalue weighted by atomic mass is 32.2. The summed E-state index contributed by atoms with van der Waals surface area (Å²) in [6.45, 7) is 4.53. The van der Waals surface area contributed by atoms with E-state index in [1.54, 1.807) is 24.3 Å². The van der Waals surface area contributed by atoms with Crippen LogP contribution in [0.2, 0.25) is 0 Å². The number of esters is 1. The zero-order valence-corrected chi connectivity index (χ0v) is 15.9. The predicted molar refractivity (Wildman–Crippen MR) is 101 cm³/mol. The van der Waals surface area contributed by atoms with Crippen molar-refractivity contribution in [3.05, 3.63) is 35.7 Å². The van der Waals surface area contributed by atoms with Gasteiger partial charge >= 0.3 is 5.97 Å². The molecule has 0 aliphatic heterocycles. The van der Waals surface area contributed by atoms with Gasteiger partial charge in [0.05, 0.1) is 17.9 Å². The summed E-state index contributed by atoms with van der Waals surface area (Å²) in [5.74, 6) is 0.538. The van der Waals surface area contributed by atoms with Crippen molar-refractivity contribution in [3.63, 3.8) is 0 Å². The number of carbonyl (C=O) groups is 2. The molecular weight excluding hydrogens is 352 g/mol. The molecule has 8 heteroatoms. The van der Waals surface area contributed by atoms with Crippen LogP contribution in [0.15, 0.2) is 29.4 Å². The third-order valence-electron chi connectivity index (χ3n) is 3.47. The first-order chi connectivity index (χ1) is 12.6. The third kappa shape index (κ3) is 6.51. The van der Waals surface area contributed by atoms with Gasteiger partial charge in [-0.3, -0.25) is 9.89 Å². The van der Waals surface area contributed by atoms with E-state index in [4.69, 9.17) is 4.74 Å². The quantitative estimate of drug-likeness (QED) is 0.374. The summed E-state index contributed by atoms with van der Waals surface area (Å²) in [4.78, 5) is 28.2. The number of aromatic nitrogens is 3. The van der Waals surface area contributed by atoms with E-state index in [-0.39, 0.29) is 17.6 Å². The van der Waals surface area contributed by atoms with Crippen LogP contribution in [-0.4, -0.2) is 39.4 Å². The van der Waals surface area contributed by atoms with Gasteiger partial charge in [0.1, 0.15) is 5.82 Å². The topological polar surface area (TPSA) is 97.0 Å². The Morgan fingerprint density at radius 3 is 2.65 bits per heavy atom. The van der Waals surface area contributed by atoms with Crippen molar-refractivity contribution in [2.75, 3.05) is 17.7 Å². The van der Waals surface area contributed by atoms with E-state index in [0.717, 1.165) is 31.5 Å². The van der Waals surface area contributed by atoms with E-state index in [1.807, 2.05) is 6.92 Å². The molecule has 0 radical (unpaired) electrons. The second-order valence-electron chi connectivity index (χ2n) is 5.72. The third-order valence-corrected chi connectivity index (χ3v) is 4.31. The Morgan fingerprint density at radius 2 is 1.96 bits per heavy atom. The van der Waals surface area contributed by atoms with E-state index in [2.05, 4.69) is 27.4 Å². The first-order valence-corrected chi connectivity index (χ1v) is 9.72. The minimum Gasteiger partial charge on any atom is -0.462 e. The number of nitrogens with one attached hydrogen (secondary N) is 2. The molecule has 0 unspecified atom stereocenters. The van der Waals surface area contributed by atoms with Gasteiger partial charge in [-0.05, 0) is 37.1 Å². The fourth-order valence-corrected chi connectivity index (χ4v) is 2.72. The normalized spacial score (nSPS) is 10.5. The van der Waals surface area contributed by atoms with Crippen LogP contribution < -0.4 is 5.32 Å². The van der Waals surface area contributed by atoms with Gasteiger partial charge in [0.15, 0.2) is 0 Å². The molecule has 26 heavy (non-hydrogen) atoms. The molecule has 0 saturated carbocycles. The number of thioether (sulfide) groups is 1. The van der Waals surface area contributed by atoms with Crippen LogP contribution in [0.4, 0.5) is 5.69 Å². The van der Waals surface area contributed by atoms with Crippen molar-refractivity contribution in [2.24, 2.45) is 0 Å². The number of H-pyrrole nitrogens is 1. The summed E-state index contributed by atoms with van der Waals surface area (Å²) in [5, 5.41) is 10.3. The van der Waals surface area contributed by atoms with Crippen molar-refractivity contribution in [1.82, 2.24) is 15.2 Å². The number of benzene rings is 1. The lowest BCUT2D eigenvalue weighted by molar-refractivity contribution is -0.113. The molecule has 0 aliphatic carbocycles. The summed E-state index contributed by atoms with van der Waals surface area (Å²) in [6.07, 6.45) is 3.65. The largest absolute Gasteiger partial charge is 0.462 e. The molecule has 140 valence electrons. The molecular formula is C18H24N4O3S. The van der Waals surface area contributed by atoms with Crippen molar-refractivity contribution in [1.29, 1.82) is 0 Å². The number of rotatable bonds is 10. The molecule has 1 aromatic carbocycles. The lowest BCUT2D eigenvalue weighted by Crippen LogP contribution is -2.14. The molecule has 0 bridgehead atoms. The second kappa shape index (κ2) is 10.6. The minimum absolute atomic E-state index is 0.157. The number of unbranched alkanes of at least 4 members (excludes halogenated alkanes) is 1. The average molecular weight is 376 g/mol. The Labute approximate surface area is 157 Å². The number of ether oxygens (including phenoxy) is 1. The first-order valence-electron chi connectivity index (χ1n) is 8.73. The van der Waals surface area contributed by atoms with E-state index < -0.39 is 0 Å². The molecule has 7 nitrogen and oxygen atoms in total. The maximum absolute atomic E-state index is 12.0. The molecule has 1 amide bonds. The Morgan fingerprint density at radius 1 is 1.19 bits per heavy atom. The van der Waals surface area contributed by atoms with Gasteiger partial charge in [0.2, 0.25) is 11.1 Å². The highest BCUT2D eigenvalue weighted by Gasteiger charge is 2.10. The van der Waals surface area contributed by atoms with Crippen LogP contribution in [0.5, 0.6) is 0 Å². The Kier molecular flexibility index (Phi) is 8.14. The average Bonchev–Trinajstić information content (AvgIpc) is 3.09. The van der Waals surface area contributed by atoms with Gasteiger partial charge < -0.3 is 10.1 Å². The molecule has 0 saturated heterocycles. The molecule has 0 atom stereocenters. The summed E-state index contributed by atoms with van der Waals surface area (Å²) in [7, 11) is 0. The van der Waals surface area contributed by atoms with Crippen molar-refractivity contribution in [2.45, 2.75) is 44.7 Å². The molecule has 2 aromatic rings. The van der Waals surface area contributed by atoms with Crippen LogP contribution in [-0.2, 0) is 16.0 Å². The highest BCUT2D eigenvalue weighted by Crippen LogP contribution is 2.15. The summed E-state index contributed by atoms with van der Waals surface area (Å²) in [6, 6.07) is 6.66. The molecule has 2 N–H and O–H groups in total. The van der Waals surface area contributed by atoms with Crippen LogP contribution in [0, 0.1) is 0 Å². The summed E-state index contributed by atoms with van der Waals surface area (Å²) in [5.41, 5.74) is 1.10. The van der Waals surface area contributed by atoms with Crippen molar-refractivity contribution in [3.8, 4) is 0 Å². The number of nitrogens with zero attached hydrogens (tertiary/aromatic N) is 2. The van der Waals surface area contributed by atoms with Crippen molar-refractivity contribution < 1.29 is 14.3 Å². The van der Waals surface area contributed by atoms with Crippen LogP contribution in [0.3, 0.4) is 0 Å². The lowest BCUT2D eigenvalue weighted by Gasteiger charge is -2.06. The van der Waals surface area contributed by atoms with Crippen LogP contribution in [0.25, 0.3) is 0 Å². The Bertz CT molecular complexity index is 715. The fraction of sp³-hybridized carbons (Fsp3) is 0.444. The van der Waals surface area contributed by atoms with Gasteiger partial charge in [-0.2, -0.15) is 0 Å². The predicted octanol–water partition coefficient (Wildman–Crippen LogP) is 3.44. The number of aromatic amines is 1. The zero-order valence-electron chi connectivity index (χ0n) is 15.1. The number of carbonyl (C=O) groups excluding carboxylic acids is 2. The molecule has 0 fully saturated rings. The van der Waals surface area contributed by atoms with Gasteiger partial charge in [-0.15, -0.1) is 5.10 Å². The first kappa shape index (κ1) is 20.0. The minimum atomic E-state index is -0.348. The molecule has 1 heterocycles. The monoisotopic (exact) mass is 376 g/mol. The van der Waals surface area contributed by atoms with Crippen molar-refractivity contribution >= 4 is 29.3 Å². The van der Waals surface area contributed by atoms with Gasteiger partial charge in [-0.25, -0.2) is 9.78 Å². The highest BCUT2D eigenvalue weighted by molar-refractivity contribution is 7.99. The van der Waals surface area contributed by atoms with E-state index in [0.29, 0.717) is 23.0 Å². The number of anilines is 1. The second-order valence-corrected chi connectivity index (χ2v) is 6.66. The van der Waals surface area contributed by atoms with Gasteiger partial charge in [0.25, 0.3) is 0 Å². The molecule has 0 spiro atoms. The number of amides is 1. The summed E-state index contributed by atoms with van der Waals surface area (Å²) >= 11 is 1.27. The maximum Gasteiger partial charge on any atom is 0.338 e. The molecule has 2 rings (SSSR count). The number of aryl methyl sites for hydroxylation is 1. The zero-order chi connectivity index (χ0) is 18.8. The van der Waals surface area contributed by atoms with Crippen LogP contribution >= 0.6 is 11.8 Å². The van der Waals surface area contributed by atoms with Gasteiger partial charge in [0, 0.05) is 12.1 Å². The van der Waals surface area contributed by atoms with Crippen LogP contribution in [0.1, 0.15) is 49.3 Å². The molecule has 0 aliphatic rings. The fourth-order valence-electron chi connectivity index (χ4n) is 2.10. The number of hydrogen-bond donors (Lipinski definition) is 2. The van der Waals surface area contributed by atoms with E-state index >= 15 is 0 Å². The smallest absolute Gasteiger partial charge is 0.338 e. The van der Waals surface area contributed by atoms with E-state index in [9.17, 15) is 9.59 Å². The summed E-state index contributed by atoms with van der Waals surface area (Å²) < 4.78 is 5.15. The standard InChI is InChI=1S/C18H24N4O3S/c1-3-5-11-25-17(24)13-7-9-14(10-8-13)19-16(23)12-26-18-20-15(6-4-2)21-22-18/h7-10H,3-6,11-12H2,1-2H3,(H,19,23)(H,20,21,22). The SMILES string of the molecule is CCCCOC(=O)c1ccc(NC(=O)CSc2n[nH]c(CCC)n2)cc1. The maximum atomic E-state index is 12.0. The van der Waals surface area contributed by atoms with Gasteiger partial charge in [-0.1, -0.05) is 32.0 Å². The Balaban J connectivity index is 1.78. The Hall–Kier alpha value is -2.35. The number of hydrogen-bond acceptors (Lipinski definition) is 6. The lowest BCUT2D eigenvalue weighted by atomic mass is 10.2. The molecule has 1 aromatic heterocycles. The van der Waals surface area contributed by atoms with E-state index in [1.165, 1.54) is 11.8 Å².